The molecule has 0 aliphatic carbocycles. The van der Waals surface area contributed by atoms with Crippen molar-refractivity contribution in [2.75, 3.05) is 6.61 Å². The Morgan fingerprint density at radius 3 is 2.84 bits per heavy atom. The number of hydrogen-bond acceptors (Lipinski definition) is 6. The molecule has 9 heteroatoms. The van der Waals surface area contributed by atoms with Gasteiger partial charge in [0.2, 0.25) is 9.87 Å². The maximum atomic E-state index is 11.6. The molecule has 1 rings (SSSR count). The molecule has 0 amide bonds. The number of ether oxygens (including phenoxy) is 1. The highest BCUT2D eigenvalue weighted by Crippen LogP contribution is 2.27. The highest BCUT2D eigenvalue weighted by molar-refractivity contribution is 7.09. The van der Waals surface area contributed by atoms with Crippen molar-refractivity contribution in [2.24, 2.45) is 4.99 Å². The van der Waals surface area contributed by atoms with Crippen LogP contribution in [0.1, 0.15) is 34.9 Å². The number of aliphatic imine (C=N–C) groups is 1. The van der Waals surface area contributed by atoms with Gasteiger partial charge in [0.1, 0.15) is 17.7 Å². The van der Waals surface area contributed by atoms with Crippen LogP contribution >= 0.6 is 46.1 Å². The number of isocyanates is 1. The Bertz CT molecular complexity index is 494. The zero-order valence-electron chi connectivity index (χ0n) is 9.73. The molecule has 0 radical (unpaired) electrons. The molecule has 0 saturated carbocycles. The molecule has 0 unspecified atom stereocenters. The van der Waals surface area contributed by atoms with E-state index in [0.29, 0.717) is 11.4 Å². The van der Waals surface area contributed by atoms with Crippen LogP contribution in [0, 0.1) is 0 Å². The summed E-state index contributed by atoms with van der Waals surface area (Å²) < 4.78 is 3.12. The second kappa shape index (κ2) is 7.22. The van der Waals surface area contributed by atoms with Crippen LogP contribution < -0.4 is 0 Å². The monoisotopic (exact) mass is 342 g/mol. The summed E-state index contributed by atoms with van der Waals surface area (Å²) in [6.07, 6.45) is 2.05. The fourth-order valence-corrected chi connectivity index (χ4v) is 2.21. The van der Waals surface area contributed by atoms with Crippen molar-refractivity contribution >= 4 is 58.2 Å². The van der Waals surface area contributed by atoms with Crippen LogP contribution in [-0.2, 0) is 9.53 Å². The lowest BCUT2D eigenvalue weighted by Gasteiger charge is -2.10. The predicted octanol–water partition coefficient (Wildman–Crippen LogP) is 3.46. The Hall–Kier alpha value is -0.650. The minimum Gasteiger partial charge on any atom is -0.456 e. The van der Waals surface area contributed by atoms with E-state index in [1.165, 1.54) is 22.8 Å². The maximum absolute atomic E-state index is 11.6. The summed E-state index contributed by atoms with van der Waals surface area (Å²) in [4.78, 5) is 29.5. The predicted molar refractivity (Wildman–Crippen MR) is 73.8 cm³/mol. The van der Waals surface area contributed by atoms with Crippen LogP contribution in [0.4, 0.5) is 0 Å². The van der Waals surface area contributed by atoms with Crippen LogP contribution in [0.2, 0.25) is 0 Å². The molecule has 5 nitrogen and oxygen atoms in total. The summed E-state index contributed by atoms with van der Waals surface area (Å²) in [5, 5.41) is 2.03. The summed E-state index contributed by atoms with van der Waals surface area (Å²) in [5.41, 5.74) is 0.0915. The van der Waals surface area contributed by atoms with E-state index in [2.05, 4.69) is 9.98 Å². The van der Waals surface area contributed by atoms with Gasteiger partial charge in [0, 0.05) is 5.38 Å². The smallest absolute Gasteiger partial charge is 0.357 e. The summed E-state index contributed by atoms with van der Waals surface area (Å²) in [6, 6.07) is -0.405. The van der Waals surface area contributed by atoms with Crippen LogP contribution in [0.5, 0.6) is 0 Å². The lowest BCUT2D eigenvalue weighted by Crippen LogP contribution is -2.17. The van der Waals surface area contributed by atoms with E-state index < -0.39 is 15.8 Å². The van der Waals surface area contributed by atoms with Crippen molar-refractivity contribution in [1.82, 2.24) is 4.98 Å². The van der Waals surface area contributed by atoms with Crippen LogP contribution in [-0.4, -0.2) is 27.4 Å². The second-order valence-electron chi connectivity index (χ2n) is 3.41. The third kappa shape index (κ3) is 5.47. The van der Waals surface area contributed by atoms with E-state index in [1.807, 2.05) is 6.92 Å². The van der Waals surface area contributed by atoms with Crippen molar-refractivity contribution in [1.29, 1.82) is 0 Å². The number of carbonyl (C=O) groups excluding carboxylic acids is 2. The summed E-state index contributed by atoms with van der Waals surface area (Å²) in [5.74, 6) is -0.696. The highest BCUT2D eigenvalue weighted by Gasteiger charge is 2.24. The largest absolute Gasteiger partial charge is 0.456 e. The fourth-order valence-electron chi connectivity index (χ4n) is 1.14. The molecule has 104 valence electrons. The standard InChI is InChI=1S/C10H9Cl3N2O3S/c1-2-6(14-5-16)8-15-7(3-19-8)9(17)18-4-10(11,12)13/h3,6H,2,4H2,1H3/t6-/m1/s1. The number of aromatic nitrogens is 1. The van der Waals surface area contributed by atoms with E-state index in [9.17, 15) is 9.59 Å². The molecule has 1 atom stereocenters. The van der Waals surface area contributed by atoms with Gasteiger partial charge in [0.15, 0.2) is 5.69 Å². The number of carbonyl (C=O) groups is 1. The van der Waals surface area contributed by atoms with Crippen molar-refractivity contribution in [3.63, 3.8) is 0 Å². The Morgan fingerprint density at radius 1 is 1.63 bits per heavy atom. The normalized spacial score (nSPS) is 12.6. The molecule has 0 aromatic carbocycles. The van der Waals surface area contributed by atoms with Gasteiger partial charge < -0.3 is 4.74 Å². The molecule has 19 heavy (non-hydrogen) atoms. The Labute approximate surface area is 128 Å². The van der Waals surface area contributed by atoms with Gasteiger partial charge >= 0.3 is 5.97 Å². The quantitative estimate of drug-likeness (QED) is 0.355. The molecule has 0 aliphatic heterocycles. The summed E-state index contributed by atoms with van der Waals surface area (Å²) in [7, 11) is 0. The average molecular weight is 344 g/mol. The topological polar surface area (TPSA) is 68.6 Å². The fraction of sp³-hybridized carbons (Fsp3) is 0.500. The van der Waals surface area contributed by atoms with E-state index >= 15 is 0 Å². The molecule has 1 aromatic rings. The van der Waals surface area contributed by atoms with E-state index in [4.69, 9.17) is 39.5 Å². The van der Waals surface area contributed by atoms with Gasteiger partial charge in [-0.05, 0) is 6.42 Å². The van der Waals surface area contributed by atoms with Crippen LogP contribution in [0.25, 0.3) is 0 Å². The minimum absolute atomic E-state index is 0.0915. The molecule has 0 bridgehead atoms. The highest BCUT2D eigenvalue weighted by atomic mass is 35.6. The first kappa shape index (κ1) is 16.4. The third-order valence-electron chi connectivity index (χ3n) is 1.98. The molecule has 1 aromatic heterocycles. The molecular formula is C10H9Cl3N2O3S. The number of hydrogen-bond donors (Lipinski definition) is 0. The number of halogens is 3. The van der Waals surface area contributed by atoms with Crippen molar-refractivity contribution in [2.45, 2.75) is 23.2 Å². The molecule has 0 spiro atoms. The number of nitrogens with zero attached hydrogens (tertiary/aromatic N) is 2. The molecule has 0 saturated heterocycles. The molecule has 0 N–H and O–H groups in total. The number of esters is 1. The van der Waals surface area contributed by atoms with Gasteiger partial charge in [-0.15, -0.1) is 11.3 Å². The lowest BCUT2D eigenvalue weighted by atomic mass is 10.2. The van der Waals surface area contributed by atoms with Gasteiger partial charge in [-0.1, -0.05) is 41.7 Å². The van der Waals surface area contributed by atoms with Crippen LogP contribution in [0.15, 0.2) is 10.4 Å². The Morgan fingerprint density at radius 2 is 2.32 bits per heavy atom. The van der Waals surface area contributed by atoms with Gasteiger partial charge in [-0.2, -0.15) is 4.99 Å². The first-order valence-electron chi connectivity index (χ1n) is 5.13. The number of alkyl halides is 3. The molecule has 0 aliphatic rings. The Balaban J connectivity index is 2.73. The minimum atomic E-state index is -1.66. The zero-order chi connectivity index (χ0) is 14.5. The van der Waals surface area contributed by atoms with Gasteiger partial charge in [0.25, 0.3) is 0 Å². The first-order valence-corrected chi connectivity index (χ1v) is 7.15. The Kier molecular flexibility index (Phi) is 6.23. The van der Waals surface area contributed by atoms with Gasteiger partial charge in [-0.3, -0.25) is 0 Å². The van der Waals surface area contributed by atoms with Crippen LogP contribution in [0.3, 0.4) is 0 Å². The zero-order valence-corrected chi connectivity index (χ0v) is 12.8. The van der Waals surface area contributed by atoms with Crippen molar-refractivity contribution in [3.8, 4) is 0 Å². The number of rotatable bonds is 5. The van der Waals surface area contributed by atoms with E-state index in [-0.39, 0.29) is 12.3 Å². The summed E-state index contributed by atoms with van der Waals surface area (Å²) in [6.45, 7) is 1.47. The molecular weight excluding hydrogens is 335 g/mol. The van der Waals surface area contributed by atoms with Crippen molar-refractivity contribution in [3.05, 3.63) is 16.1 Å². The van der Waals surface area contributed by atoms with E-state index in [1.54, 1.807) is 0 Å². The van der Waals surface area contributed by atoms with Gasteiger partial charge in [0.05, 0.1) is 0 Å². The maximum Gasteiger partial charge on any atom is 0.357 e. The van der Waals surface area contributed by atoms with Crippen molar-refractivity contribution < 1.29 is 14.3 Å². The average Bonchev–Trinajstić information content (AvgIpc) is 2.81. The second-order valence-corrected chi connectivity index (χ2v) is 6.81. The third-order valence-corrected chi connectivity index (χ3v) is 3.25. The molecule has 0 fully saturated rings. The van der Waals surface area contributed by atoms with Gasteiger partial charge in [-0.25, -0.2) is 14.6 Å². The van der Waals surface area contributed by atoms with E-state index in [0.717, 1.165) is 0 Å². The lowest BCUT2D eigenvalue weighted by molar-refractivity contribution is 0.0506. The SMILES string of the molecule is CC[C@@H](N=C=O)c1nc(C(=O)OCC(Cl)(Cl)Cl)cs1. The first-order chi connectivity index (χ1) is 8.87. The number of thiazole rings is 1. The summed E-state index contributed by atoms with van der Waals surface area (Å²) >= 11 is 17.6. The molecule has 1 heterocycles.